The Morgan fingerprint density at radius 3 is 3.03 bits per heavy atom. The fourth-order valence-electron chi connectivity index (χ4n) is 3.81. The largest absolute Gasteiger partial charge is 0.356 e. The minimum absolute atomic E-state index is 0.0527. The summed E-state index contributed by atoms with van der Waals surface area (Å²) in [6, 6.07) is 5.84. The predicted octanol–water partition coefficient (Wildman–Crippen LogP) is 2.57. The molecule has 1 fully saturated rings. The van der Waals surface area contributed by atoms with Crippen molar-refractivity contribution >= 4 is 33.3 Å². The van der Waals surface area contributed by atoms with Crippen LogP contribution in [-0.2, 0) is 11.2 Å². The van der Waals surface area contributed by atoms with Crippen LogP contribution in [0.3, 0.4) is 0 Å². The molecule has 0 aromatic carbocycles. The highest BCUT2D eigenvalue weighted by molar-refractivity contribution is 7.18. The van der Waals surface area contributed by atoms with Gasteiger partial charge in [0.15, 0.2) is 0 Å². The van der Waals surface area contributed by atoms with E-state index in [0.717, 1.165) is 40.5 Å². The molecule has 8 heteroatoms. The number of hydrogen-bond donors (Lipinski definition) is 2. The van der Waals surface area contributed by atoms with E-state index in [4.69, 9.17) is 0 Å². The first kappa shape index (κ1) is 19.6. The molecule has 0 saturated carbocycles. The molecular formula is C21H25N5O2S. The Kier molecular flexibility index (Phi) is 5.62. The Morgan fingerprint density at radius 1 is 1.38 bits per heavy atom. The van der Waals surface area contributed by atoms with Crippen LogP contribution in [0.4, 0.5) is 5.82 Å². The molecule has 29 heavy (non-hydrogen) atoms. The van der Waals surface area contributed by atoms with Crippen LogP contribution in [0.15, 0.2) is 29.2 Å². The Bertz CT molecular complexity index is 1080. The lowest BCUT2D eigenvalue weighted by molar-refractivity contribution is -0.125. The Labute approximate surface area is 173 Å². The maximum atomic E-state index is 12.6. The van der Waals surface area contributed by atoms with Gasteiger partial charge in [0.1, 0.15) is 16.5 Å². The van der Waals surface area contributed by atoms with Crippen molar-refractivity contribution in [2.45, 2.75) is 33.1 Å². The third-order valence-electron chi connectivity index (χ3n) is 5.51. The first-order valence-electron chi connectivity index (χ1n) is 9.95. The summed E-state index contributed by atoms with van der Waals surface area (Å²) < 4.78 is 0. The lowest BCUT2D eigenvalue weighted by atomic mass is 9.97. The van der Waals surface area contributed by atoms with Gasteiger partial charge in [-0.15, -0.1) is 11.3 Å². The van der Waals surface area contributed by atoms with Crippen molar-refractivity contribution < 1.29 is 4.79 Å². The van der Waals surface area contributed by atoms with Crippen molar-refractivity contribution in [3.05, 3.63) is 51.0 Å². The molecule has 4 heterocycles. The van der Waals surface area contributed by atoms with Gasteiger partial charge in [0.25, 0.3) is 5.56 Å². The van der Waals surface area contributed by atoms with E-state index in [9.17, 15) is 9.59 Å². The van der Waals surface area contributed by atoms with Crippen molar-refractivity contribution in [3.8, 4) is 0 Å². The fraction of sp³-hybridized carbons (Fsp3) is 0.429. The average Bonchev–Trinajstić information content (AvgIpc) is 3.02. The van der Waals surface area contributed by atoms with Gasteiger partial charge in [-0.3, -0.25) is 9.59 Å². The maximum absolute atomic E-state index is 12.6. The van der Waals surface area contributed by atoms with Crippen LogP contribution in [0.5, 0.6) is 0 Å². The molecule has 0 radical (unpaired) electrons. The van der Waals surface area contributed by atoms with Crippen LogP contribution < -0.4 is 15.8 Å². The van der Waals surface area contributed by atoms with Gasteiger partial charge in [-0.25, -0.2) is 9.97 Å². The lowest BCUT2D eigenvalue weighted by Gasteiger charge is -2.32. The number of carbonyl (C=O) groups excluding carboxylic acids is 1. The van der Waals surface area contributed by atoms with Crippen LogP contribution in [0.25, 0.3) is 10.2 Å². The van der Waals surface area contributed by atoms with Crippen molar-refractivity contribution in [1.82, 2.24) is 20.3 Å². The van der Waals surface area contributed by atoms with Crippen LogP contribution in [0.2, 0.25) is 0 Å². The van der Waals surface area contributed by atoms with Gasteiger partial charge in [-0.05, 0) is 44.4 Å². The molecule has 7 nitrogen and oxygen atoms in total. The van der Waals surface area contributed by atoms with E-state index in [1.165, 1.54) is 11.3 Å². The van der Waals surface area contributed by atoms with Gasteiger partial charge in [-0.2, -0.15) is 0 Å². The summed E-state index contributed by atoms with van der Waals surface area (Å²) in [6.45, 7) is 6.00. The SMILES string of the molecule is Cc1sc2nc(CCNC(=O)C3CCCN(c4ccccn4)C3)[nH]c(=O)c2c1C. The molecule has 3 aromatic heterocycles. The van der Waals surface area contributed by atoms with Crippen molar-refractivity contribution in [3.63, 3.8) is 0 Å². The summed E-state index contributed by atoms with van der Waals surface area (Å²) in [4.78, 5) is 40.9. The second-order valence-electron chi connectivity index (χ2n) is 7.49. The van der Waals surface area contributed by atoms with Crippen LogP contribution in [-0.4, -0.2) is 40.5 Å². The number of hydrogen-bond acceptors (Lipinski definition) is 6. The summed E-state index contributed by atoms with van der Waals surface area (Å²) in [5, 5.41) is 3.69. The second kappa shape index (κ2) is 8.32. The summed E-state index contributed by atoms with van der Waals surface area (Å²) >= 11 is 1.54. The molecule has 152 valence electrons. The summed E-state index contributed by atoms with van der Waals surface area (Å²) in [5.41, 5.74) is 0.893. The molecule has 1 saturated heterocycles. The zero-order valence-corrected chi connectivity index (χ0v) is 17.5. The van der Waals surface area contributed by atoms with E-state index in [-0.39, 0.29) is 17.4 Å². The number of nitrogens with zero attached hydrogens (tertiary/aromatic N) is 3. The molecule has 1 atom stereocenters. The van der Waals surface area contributed by atoms with Crippen molar-refractivity contribution in [1.29, 1.82) is 0 Å². The van der Waals surface area contributed by atoms with Crippen LogP contribution >= 0.6 is 11.3 Å². The number of anilines is 1. The molecule has 4 rings (SSSR count). The molecule has 0 spiro atoms. The summed E-state index contributed by atoms with van der Waals surface area (Å²) in [6.07, 6.45) is 4.13. The first-order chi connectivity index (χ1) is 14.0. The minimum Gasteiger partial charge on any atom is -0.356 e. The van der Waals surface area contributed by atoms with Gasteiger partial charge in [0.05, 0.1) is 11.3 Å². The predicted molar refractivity (Wildman–Crippen MR) is 116 cm³/mol. The maximum Gasteiger partial charge on any atom is 0.259 e. The number of nitrogens with one attached hydrogen (secondary N) is 2. The number of amides is 1. The zero-order valence-electron chi connectivity index (χ0n) is 16.7. The Balaban J connectivity index is 1.35. The van der Waals surface area contributed by atoms with E-state index in [1.807, 2.05) is 32.0 Å². The highest BCUT2D eigenvalue weighted by Gasteiger charge is 2.26. The highest BCUT2D eigenvalue weighted by Crippen LogP contribution is 2.25. The normalized spacial score (nSPS) is 16.9. The van der Waals surface area contributed by atoms with E-state index >= 15 is 0 Å². The number of piperidine rings is 1. The quantitative estimate of drug-likeness (QED) is 0.673. The lowest BCUT2D eigenvalue weighted by Crippen LogP contribution is -2.43. The minimum atomic E-state index is -0.101. The van der Waals surface area contributed by atoms with Crippen LogP contribution in [0.1, 0.15) is 29.1 Å². The Hall–Kier alpha value is -2.74. The fourth-order valence-corrected chi connectivity index (χ4v) is 4.85. The summed E-state index contributed by atoms with van der Waals surface area (Å²) in [5.74, 6) is 1.53. The molecule has 3 aromatic rings. The molecule has 1 aliphatic heterocycles. The monoisotopic (exact) mass is 411 g/mol. The molecule has 1 unspecified atom stereocenters. The number of carbonyl (C=O) groups is 1. The number of thiophene rings is 1. The van der Waals surface area contributed by atoms with Gasteiger partial charge in [-0.1, -0.05) is 6.07 Å². The van der Waals surface area contributed by atoms with E-state index in [2.05, 4.69) is 25.2 Å². The third kappa shape index (κ3) is 4.17. The number of aromatic amines is 1. The Morgan fingerprint density at radius 2 is 2.24 bits per heavy atom. The topological polar surface area (TPSA) is 91.0 Å². The van der Waals surface area contributed by atoms with E-state index in [1.54, 1.807) is 6.20 Å². The van der Waals surface area contributed by atoms with E-state index in [0.29, 0.717) is 30.7 Å². The average molecular weight is 412 g/mol. The van der Waals surface area contributed by atoms with Gasteiger partial charge < -0.3 is 15.2 Å². The highest BCUT2D eigenvalue weighted by atomic mass is 32.1. The van der Waals surface area contributed by atoms with Crippen molar-refractivity contribution in [2.75, 3.05) is 24.5 Å². The van der Waals surface area contributed by atoms with Gasteiger partial charge in [0.2, 0.25) is 5.91 Å². The molecule has 0 aliphatic carbocycles. The number of rotatable bonds is 5. The number of pyridine rings is 1. The van der Waals surface area contributed by atoms with E-state index < -0.39 is 0 Å². The van der Waals surface area contributed by atoms with Gasteiger partial charge in [0, 0.05) is 37.1 Å². The smallest absolute Gasteiger partial charge is 0.259 e. The number of aromatic nitrogens is 3. The number of aryl methyl sites for hydroxylation is 2. The molecular weight excluding hydrogens is 386 g/mol. The standard InChI is InChI=1S/C21H25N5O2S/c1-13-14(2)29-21-18(13)20(28)24-16(25-21)8-10-23-19(27)15-6-5-11-26(12-15)17-7-3-4-9-22-17/h3-4,7,9,15H,5-6,8,10-12H2,1-2H3,(H,23,27)(H,24,25,28). The molecule has 1 amide bonds. The molecule has 2 N–H and O–H groups in total. The third-order valence-corrected chi connectivity index (χ3v) is 6.62. The number of H-pyrrole nitrogens is 1. The molecule has 0 bridgehead atoms. The summed E-state index contributed by atoms with van der Waals surface area (Å²) in [7, 11) is 0. The van der Waals surface area contributed by atoms with Crippen molar-refractivity contribution in [2.24, 2.45) is 5.92 Å². The van der Waals surface area contributed by atoms with Gasteiger partial charge >= 0.3 is 0 Å². The number of fused-ring (bicyclic) bond motifs is 1. The zero-order chi connectivity index (χ0) is 20.4. The second-order valence-corrected chi connectivity index (χ2v) is 8.69. The first-order valence-corrected chi connectivity index (χ1v) is 10.8. The molecule has 1 aliphatic rings. The van der Waals surface area contributed by atoms with Crippen LogP contribution in [0, 0.1) is 19.8 Å².